The van der Waals surface area contributed by atoms with Crippen LogP contribution in [0.3, 0.4) is 0 Å². The molecule has 0 aliphatic carbocycles. The van der Waals surface area contributed by atoms with Gasteiger partial charge in [-0.05, 0) is 32.0 Å². The zero-order valence-electron chi connectivity index (χ0n) is 18.3. The van der Waals surface area contributed by atoms with E-state index in [1.807, 2.05) is 49.1 Å². The number of carbonyl (C=O) groups excluding carboxylic acids is 1. The molecule has 5 rings (SSSR count). The molecule has 166 valence electrons. The molecule has 1 amide bonds. The van der Waals surface area contributed by atoms with E-state index < -0.39 is 0 Å². The van der Waals surface area contributed by atoms with Gasteiger partial charge in [-0.3, -0.25) is 14.2 Å². The third-order valence-electron chi connectivity index (χ3n) is 5.93. The van der Waals surface area contributed by atoms with Gasteiger partial charge in [0.2, 0.25) is 5.95 Å². The largest absolute Gasteiger partial charge is 0.486 e. The predicted molar refractivity (Wildman–Crippen MR) is 122 cm³/mol. The SMILES string of the molecule is CC(C)n1c(N2CCN(C(=O)c3ccccc3)CC2)nc2cc3c(cc2c1=O)OCCO3. The summed E-state index contributed by atoms with van der Waals surface area (Å²) in [5.41, 5.74) is 1.18. The van der Waals surface area contributed by atoms with E-state index in [9.17, 15) is 9.59 Å². The first-order valence-electron chi connectivity index (χ1n) is 11.0. The molecule has 3 aromatic rings. The van der Waals surface area contributed by atoms with E-state index in [-0.39, 0.29) is 17.5 Å². The van der Waals surface area contributed by atoms with Gasteiger partial charge in [-0.2, -0.15) is 0 Å². The fraction of sp³-hybridized carbons (Fsp3) is 0.375. The molecule has 0 radical (unpaired) electrons. The maximum Gasteiger partial charge on any atom is 0.263 e. The van der Waals surface area contributed by atoms with E-state index in [0.717, 1.165) is 0 Å². The van der Waals surface area contributed by atoms with Crippen molar-refractivity contribution in [2.45, 2.75) is 19.9 Å². The number of hydrogen-bond acceptors (Lipinski definition) is 6. The first kappa shape index (κ1) is 20.4. The van der Waals surface area contributed by atoms with Gasteiger partial charge in [0.05, 0.1) is 10.9 Å². The smallest absolute Gasteiger partial charge is 0.263 e. The molecule has 3 heterocycles. The number of aromatic nitrogens is 2. The van der Waals surface area contributed by atoms with Crippen molar-refractivity contribution in [2.24, 2.45) is 0 Å². The number of ether oxygens (including phenoxy) is 2. The van der Waals surface area contributed by atoms with Gasteiger partial charge < -0.3 is 19.3 Å². The zero-order chi connectivity index (χ0) is 22.2. The van der Waals surface area contributed by atoms with Crippen LogP contribution in [0.25, 0.3) is 10.9 Å². The van der Waals surface area contributed by atoms with E-state index in [2.05, 4.69) is 4.90 Å². The molecule has 2 aliphatic heterocycles. The fourth-order valence-electron chi connectivity index (χ4n) is 4.29. The Hall–Kier alpha value is -3.55. The van der Waals surface area contributed by atoms with Crippen LogP contribution in [0.1, 0.15) is 30.2 Å². The summed E-state index contributed by atoms with van der Waals surface area (Å²) in [5.74, 6) is 1.85. The molecule has 0 bridgehead atoms. The second-order valence-corrected chi connectivity index (χ2v) is 8.34. The van der Waals surface area contributed by atoms with Crippen LogP contribution >= 0.6 is 0 Å². The molecule has 0 unspecified atom stereocenters. The van der Waals surface area contributed by atoms with Gasteiger partial charge in [-0.1, -0.05) is 18.2 Å². The van der Waals surface area contributed by atoms with Crippen molar-refractivity contribution < 1.29 is 14.3 Å². The standard InChI is InChI=1S/C24H26N4O4/c1-16(2)28-23(30)18-14-20-21(32-13-12-31-20)15-19(18)25-24(28)27-10-8-26(9-11-27)22(29)17-6-4-3-5-7-17/h3-7,14-16H,8-13H2,1-2H3. The highest BCUT2D eigenvalue weighted by atomic mass is 16.6. The molecular weight excluding hydrogens is 408 g/mol. The van der Waals surface area contributed by atoms with Gasteiger partial charge in [0.1, 0.15) is 13.2 Å². The van der Waals surface area contributed by atoms with Crippen molar-refractivity contribution in [1.82, 2.24) is 14.5 Å². The minimum Gasteiger partial charge on any atom is -0.486 e. The quantitative estimate of drug-likeness (QED) is 0.631. The summed E-state index contributed by atoms with van der Waals surface area (Å²) < 4.78 is 13.1. The fourth-order valence-corrected chi connectivity index (χ4v) is 4.29. The topological polar surface area (TPSA) is 76.9 Å². The van der Waals surface area contributed by atoms with Crippen LogP contribution in [-0.2, 0) is 0 Å². The summed E-state index contributed by atoms with van der Waals surface area (Å²) >= 11 is 0. The van der Waals surface area contributed by atoms with Crippen molar-refractivity contribution >= 4 is 22.8 Å². The number of carbonyl (C=O) groups is 1. The summed E-state index contributed by atoms with van der Waals surface area (Å²) in [5, 5.41) is 0.518. The Balaban J connectivity index is 1.46. The minimum atomic E-state index is -0.0974. The maximum absolute atomic E-state index is 13.4. The Kier molecular flexibility index (Phi) is 5.20. The molecule has 1 aromatic heterocycles. The molecule has 8 nitrogen and oxygen atoms in total. The lowest BCUT2D eigenvalue weighted by atomic mass is 10.2. The van der Waals surface area contributed by atoms with E-state index in [1.54, 1.807) is 16.7 Å². The summed E-state index contributed by atoms with van der Waals surface area (Å²) in [6.45, 7) is 7.25. The average Bonchev–Trinajstić information content (AvgIpc) is 2.83. The molecule has 0 atom stereocenters. The normalized spacial score (nSPS) is 16.0. The lowest BCUT2D eigenvalue weighted by Gasteiger charge is -2.36. The highest BCUT2D eigenvalue weighted by Crippen LogP contribution is 2.34. The maximum atomic E-state index is 13.4. The second-order valence-electron chi connectivity index (χ2n) is 8.34. The van der Waals surface area contributed by atoms with E-state index in [1.165, 1.54) is 0 Å². The summed E-state index contributed by atoms with van der Waals surface area (Å²) in [7, 11) is 0. The number of fused-ring (bicyclic) bond motifs is 2. The number of hydrogen-bond donors (Lipinski definition) is 0. The van der Waals surface area contributed by atoms with Crippen molar-refractivity contribution in [3.8, 4) is 11.5 Å². The predicted octanol–water partition coefficient (Wildman–Crippen LogP) is 2.71. The monoisotopic (exact) mass is 434 g/mol. The van der Waals surface area contributed by atoms with Gasteiger partial charge in [-0.25, -0.2) is 4.98 Å². The lowest BCUT2D eigenvalue weighted by molar-refractivity contribution is 0.0746. The summed E-state index contributed by atoms with van der Waals surface area (Å²) in [6, 6.07) is 12.8. The molecule has 2 aromatic carbocycles. The summed E-state index contributed by atoms with van der Waals surface area (Å²) in [6.07, 6.45) is 0. The molecule has 32 heavy (non-hydrogen) atoms. The molecule has 1 fully saturated rings. The Morgan fingerprint density at radius 2 is 1.62 bits per heavy atom. The van der Waals surface area contributed by atoms with Crippen LogP contribution in [0.5, 0.6) is 11.5 Å². The number of piperazine rings is 1. The average molecular weight is 434 g/mol. The highest BCUT2D eigenvalue weighted by Gasteiger charge is 2.27. The highest BCUT2D eigenvalue weighted by molar-refractivity contribution is 5.94. The number of rotatable bonds is 3. The van der Waals surface area contributed by atoms with Gasteiger partial charge in [0, 0.05) is 43.9 Å². The molecule has 0 N–H and O–H groups in total. The molecular formula is C24H26N4O4. The Morgan fingerprint density at radius 1 is 0.969 bits per heavy atom. The number of nitrogens with zero attached hydrogens (tertiary/aromatic N) is 4. The Morgan fingerprint density at radius 3 is 2.28 bits per heavy atom. The van der Waals surface area contributed by atoms with Gasteiger partial charge in [0.25, 0.3) is 11.5 Å². The Labute approximate surface area is 186 Å². The first-order chi connectivity index (χ1) is 15.5. The van der Waals surface area contributed by atoms with Gasteiger partial charge >= 0.3 is 0 Å². The minimum absolute atomic E-state index is 0.0294. The lowest BCUT2D eigenvalue weighted by Crippen LogP contribution is -2.50. The van der Waals surface area contributed by atoms with Gasteiger partial charge in [-0.15, -0.1) is 0 Å². The van der Waals surface area contributed by atoms with Crippen molar-refractivity contribution in [1.29, 1.82) is 0 Å². The number of benzene rings is 2. The van der Waals surface area contributed by atoms with Crippen molar-refractivity contribution in [3.63, 3.8) is 0 Å². The first-order valence-corrected chi connectivity index (χ1v) is 11.0. The van der Waals surface area contributed by atoms with Crippen molar-refractivity contribution in [2.75, 3.05) is 44.3 Å². The third kappa shape index (κ3) is 3.55. The summed E-state index contributed by atoms with van der Waals surface area (Å²) in [4.78, 5) is 35.0. The van der Waals surface area contributed by atoms with Crippen molar-refractivity contribution in [3.05, 3.63) is 58.4 Å². The van der Waals surface area contributed by atoms with Crippen LogP contribution < -0.4 is 19.9 Å². The number of anilines is 1. The molecule has 0 spiro atoms. The molecule has 0 saturated carbocycles. The van der Waals surface area contributed by atoms with E-state index in [0.29, 0.717) is 73.3 Å². The number of amides is 1. The van der Waals surface area contributed by atoms with Crippen LogP contribution in [0.4, 0.5) is 5.95 Å². The molecule has 2 aliphatic rings. The molecule has 1 saturated heterocycles. The van der Waals surface area contributed by atoms with E-state index >= 15 is 0 Å². The zero-order valence-corrected chi connectivity index (χ0v) is 18.3. The van der Waals surface area contributed by atoms with Crippen LogP contribution in [0, 0.1) is 0 Å². The molecule has 8 heteroatoms. The van der Waals surface area contributed by atoms with Crippen LogP contribution in [0.15, 0.2) is 47.3 Å². The Bertz CT molecular complexity index is 1210. The van der Waals surface area contributed by atoms with Crippen LogP contribution in [0.2, 0.25) is 0 Å². The third-order valence-corrected chi connectivity index (χ3v) is 5.93. The second kappa shape index (κ2) is 8.18. The van der Waals surface area contributed by atoms with Crippen LogP contribution in [-0.4, -0.2) is 59.8 Å². The van der Waals surface area contributed by atoms with Gasteiger partial charge in [0.15, 0.2) is 11.5 Å². The van der Waals surface area contributed by atoms with E-state index in [4.69, 9.17) is 14.5 Å².